The minimum atomic E-state index is -4.96. The molecule has 0 fully saturated rings. The molecule has 0 aliphatic carbocycles. The van der Waals surface area contributed by atoms with E-state index < -0.39 is 97.5 Å². The van der Waals surface area contributed by atoms with Crippen molar-refractivity contribution in [2.75, 3.05) is 39.6 Å². The fraction of sp³-hybridized carbons (Fsp3) is 0.949. The summed E-state index contributed by atoms with van der Waals surface area (Å²) in [5, 5.41) is 10.6. The Morgan fingerprint density at radius 3 is 0.732 bits per heavy atom. The quantitative estimate of drug-likeness (QED) is 0.0222. The Morgan fingerprint density at radius 1 is 0.289 bits per heavy atom. The molecule has 0 saturated heterocycles. The Bertz CT molecular complexity index is 1910. The molecule has 0 rings (SSSR count). The second-order valence-corrected chi connectivity index (χ2v) is 32.4. The maximum atomic E-state index is 13.1. The van der Waals surface area contributed by atoms with Crippen LogP contribution in [0.2, 0.25) is 0 Å². The van der Waals surface area contributed by atoms with E-state index >= 15 is 0 Å². The monoisotopic (exact) mass is 1420 g/mol. The molecule has 0 bridgehead atoms. The number of phosphoric ester groups is 2. The van der Waals surface area contributed by atoms with Gasteiger partial charge in [0.2, 0.25) is 0 Å². The smallest absolute Gasteiger partial charge is 0.462 e. The SMILES string of the molecule is CCC(C)CCCCCCCCCCCCCCCCC(=O)O[C@H](COC(=O)CCCCCCCCCCCCCCC(C)C)COP(=O)(O)OC[C@@H](O)COP(=O)(O)OC[C@@H](COC(=O)CCCCCCCCCCC(C)CC)OC(=O)CCCCCCCCCCCC(C)C. The molecule has 4 unspecified atom stereocenters. The molecule has 0 heterocycles. The average Bonchev–Trinajstić information content (AvgIpc) is 1.14. The summed E-state index contributed by atoms with van der Waals surface area (Å²) in [5.41, 5.74) is 0. The van der Waals surface area contributed by atoms with Crippen LogP contribution in [0.25, 0.3) is 0 Å². The number of aliphatic hydroxyl groups is 1. The van der Waals surface area contributed by atoms with E-state index in [2.05, 4.69) is 55.4 Å². The first-order chi connectivity index (χ1) is 46.7. The van der Waals surface area contributed by atoms with Crippen molar-refractivity contribution in [2.24, 2.45) is 23.7 Å². The number of phosphoric acid groups is 2. The number of hydrogen-bond donors (Lipinski definition) is 3. The lowest BCUT2D eigenvalue weighted by atomic mass is 9.99. The van der Waals surface area contributed by atoms with Crippen molar-refractivity contribution in [1.29, 1.82) is 0 Å². The van der Waals surface area contributed by atoms with Gasteiger partial charge in [0.25, 0.3) is 0 Å². The summed E-state index contributed by atoms with van der Waals surface area (Å²) < 4.78 is 68.6. The first kappa shape index (κ1) is 95.1. The minimum Gasteiger partial charge on any atom is -0.462 e. The molecule has 0 radical (unpaired) electrons. The van der Waals surface area contributed by atoms with Crippen LogP contribution in [0.5, 0.6) is 0 Å². The second-order valence-electron chi connectivity index (χ2n) is 29.5. The highest BCUT2D eigenvalue weighted by molar-refractivity contribution is 7.47. The van der Waals surface area contributed by atoms with Gasteiger partial charge in [0.15, 0.2) is 12.2 Å². The lowest BCUT2D eigenvalue weighted by Crippen LogP contribution is -2.30. The third kappa shape index (κ3) is 69.5. The van der Waals surface area contributed by atoms with Gasteiger partial charge in [-0.3, -0.25) is 37.3 Å². The Morgan fingerprint density at radius 2 is 0.495 bits per heavy atom. The number of hydrogen-bond acceptors (Lipinski definition) is 15. The zero-order valence-corrected chi connectivity index (χ0v) is 65.5. The fourth-order valence-corrected chi connectivity index (χ4v) is 13.4. The first-order valence-electron chi connectivity index (χ1n) is 40.3. The summed E-state index contributed by atoms with van der Waals surface area (Å²) in [6, 6.07) is 0. The summed E-state index contributed by atoms with van der Waals surface area (Å²) in [4.78, 5) is 72.9. The predicted octanol–water partition coefficient (Wildman–Crippen LogP) is 22.8. The molecule has 7 atom stereocenters. The van der Waals surface area contributed by atoms with Gasteiger partial charge in [0.05, 0.1) is 26.4 Å². The van der Waals surface area contributed by atoms with E-state index in [4.69, 9.17) is 37.0 Å². The fourth-order valence-electron chi connectivity index (χ4n) is 11.8. The number of carbonyl (C=O) groups excluding carboxylic acids is 4. The number of rotatable bonds is 75. The Hall–Kier alpha value is -1.94. The van der Waals surface area contributed by atoms with E-state index in [1.807, 2.05) is 0 Å². The van der Waals surface area contributed by atoms with Gasteiger partial charge in [-0.1, -0.05) is 344 Å². The van der Waals surface area contributed by atoms with E-state index in [9.17, 15) is 43.2 Å². The normalized spacial score (nSPS) is 14.6. The molecule has 0 aliphatic heterocycles. The van der Waals surface area contributed by atoms with Crippen LogP contribution in [0.3, 0.4) is 0 Å². The van der Waals surface area contributed by atoms with Crippen LogP contribution in [-0.4, -0.2) is 96.7 Å². The van der Waals surface area contributed by atoms with E-state index in [0.29, 0.717) is 25.7 Å². The Labute approximate surface area is 594 Å². The summed E-state index contributed by atoms with van der Waals surface area (Å²) in [5.74, 6) is 1.02. The minimum absolute atomic E-state index is 0.105. The highest BCUT2D eigenvalue weighted by atomic mass is 31.2. The van der Waals surface area contributed by atoms with Crippen LogP contribution in [0.15, 0.2) is 0 Å². The lowest BCUT2D eigenvalue weighted by molar-refractivity contribution is -0.161. The molecule has 0 aromatic rings. The van der Waals surface area contributed by atoms with Crippen LogP contribution >= 0.6 is 15.6 Å². The maximum Gasteiger partial charge on any atom is 0.472 e. The van der Waals surface area contributed by atoms with Crippen molar-refractivity contribution in [2.45, 2.75) is 414 Å². The average molecular weight is 1420 g/mol. The van der Waals surface area contributed by atoms with Gasteiger partial charge in [0, 0.05) is 25.7 Å². The third-order valence-electron chi connectivity index (χ3n) is 18.8. The van der Waals surface area contributed by atoms with Crippen molar-refractivity contribution in [3.63, 3.8) is 0 Å². The predicted molar refractivity (Wildman–Crippen MR) is 395 cm³/mol. The van der Waals surface area contributed by atoms with Gasteiger partial charge in [-0.2, -0.15) is 0 Å². The topological polar surface area (TPSA) is 237 Å². The number of aliphatic hydroxyl groups excluding tert-OH is 1. The summed E-state index contributed by atoms with van der Waals surface area (Å²) >= 11 is 0. The maximum absolute atomic E-state index is 13.1. The van der Waals surface area contributed by atoms with Crippen LogP contribution < -0.4 is 0 Å². The molecular formula is C78H152O17P2. The van der Waals surface area contributed by atoms with Gasteiger partial charge in [-0.25, -0.2) is 9.13 Å². The molecule has 19 heteroatoms. The molecule has 576 valence electrons. The molecule has 0 aliphatic rings. The summed E-state index contributed by atoms with van der Waals surface area (Å²) in [6.45, 7) is 14.3. The molecule has 0 aromatic carbocycles. The van der Waals surface area contributed by atoms with Crippen LogP contribution in [0.1, 0.15) is 396 Å². The van der Waals surface area contributed by atoms with Gasteiger partial charge in [0.1, 0.15) is 19.3 Å². The van der Waals surface area contributed by atoms with Gasteiger partial charge in [-0.15, -0.1) is 0 Å². The Kier molecular flexibility index (Phi) is 65.9. The largest absolute Gasteiger partial charge is 0.472 e. The number of esters is 4. The van der Waals surface area contributed by atoms with Crippen molar-refractivity contribution in [1.82, 2.24) is 0 Å². The lowest BCUT2D eigenvalue weighted by Gasteiger charge is -2.21. The standard InChI is InChI=1S/C78H152O17P2/c1-9-70(7)56-48-40-32-24-18-13-11-12-14-20-26-36-44-52-60-77(82)94-73(64-88-75(80)58-50-42-34-25-19-16-15-17-22-30-38-46-54-68(3)4)66-92-96(84,85)90-62-72(79)63-91-97(86,87)93-67-74(95-78(83)61-53-45-37-27-21-23-31-39-47-55-69(5)6)65-89-76(81)59-51-43-35-29-28-33-41-49-57-71(8)10-2/h68-74,79H,9-67H2,1-8H3,(H,84,85)(H,86,87)/t70?,71?,72-,73-,74-/m1/s1. The molecule has 17 nitrogen and oxygen atoms in total. The van der Waals surface area contributed by atoms with E-state index in [-0.39, 0.29) is 25.7 Å². The van der Waals surface area contributed by atoms with E-state index in [1.165, 1.54) is 199 Å². The summed E-state index contributed by atoms with van der Waals surface area (Å²) in [7, 11) is -9.92. The van der Waals surface area contributed by atoms with Crippen molar-refractivity contribution < 1.29 is 80.2 Å². The first-order valence-corrected chi connectivity index (χ1v) is 43.3. The zero-order valence-electron chi connectivity index (χ0n) is 63.7. The Balaban J connectivity index is 5.27. The summed E-state index contributed by atoms with van der Waals surface area (Å²) in [6.07, 6.45) is 52.6. The van der Waals surface area contributed by atoms with Gasteiger partial charge < -0.3 is 33.8 Å². The van der Waals surface area contributed by atoms with Crippen molar-refractivity contribution in [3.05, 3.63) is 0 Å². The van der Waals surface area contributed by atoms with Crippen LogP contribution in [0.4, 0.5) is 0 Å². The molecule has 0 amide bonds. The highest BCUT2D eigenvalue weighted by Crippen LogP contribution is 2.45. The van der Waals surface area contributed by atoms with Crippen molar-refractivity contribution >= 4 is 39.5 Å². The second kappa shape index (κ2) is 67.2. The van der Waals surface area contributed by atoms with Crippen molar-refractivity contribution in [3.8, 4) is 0 Å². The molecule has 0 saturated carbocycles. The molecule has 3 N–H and O–H groups in total. The molecule has 0 spiro atoms. The number of unbranched alkanes of at least 4 members (excludes halogenated alkanes) is 39. The van der Waals surface area contributed by atoms with E-state index in [0.717, 1.165) is 114 Å². The molecular weight excluding hydrogens is 1270 g/mol. The van der Waals surface area contributed by atoms with Crippen LogP contribution in [0, 0.1) is 23.7 Å². The van der Waals surface area contributed by atoms with E-state index in [1.54, 1.807) is 0 Å². The molecule has 0 aromatic heterocycles. The highest BCUT2D eigenvalue weighted by Gasteiger charge is 2.30. The zero-order chi connectivity index (χ0) is 71.7. The van der Waals surface area contributed by atoms with Crippen LogP contribution in [-0.2, 0) is 65.4 Å². The third-order valence-corrected chi connectivity index (χ3v) is 20.7. The number of carbonyl (C=O) groups is 4. The van der Waals surface area contributed by atoms with Gasteiger partial charge >= 0.3 is 39.5 Å². The molecule has 97 heavy (non-hydrogen) atoms. The van der Waals surface area contributed by atoms with Gasteiger partial charge in [-0.05, 0) is 49.4 Å². The number of ether oxygens (including phenoxy) is 4.